The van der Waals surface area contributed by atoms with Crippen LogP contribution in [0.3, 0.4) is 0 Å². The van der Waals surface area contributed by atoms with Gasteiger partial charge in [-0.15, -0.1) is 0 Å². The maximum Gasteiger partial charge on any atom is 0.255 e. The predicted molar refractivity (Wildman–Crippen MR) is 112 cm³/mol. The van der Waals surface area contributed by atoms with Crippen LogP contribution in [0.5, 0.6) is 0 Å². The Balaban J connectivity index is 1.92. The van der Waals surface area contributed by atoms with Crippen LogP contribution in [0.4, 0.5) is 0 Å². The molecule has 4 rings (SSSR count). The zero-order valence-corrected chi connectivity index (χ0v) is 17.1. The van der Waals surface area contributed by atoms with Crippen molar-refractivity contribution in [3.05, 3.63) is 47.7 Å². The van der Waals surface area contributed by atoms with Gasteiger partial charge in [0.1, 0.15) is 6.04 Å². The molecule has 1 N–H and O–H groups in total. The summed E-state index contributed by atoms with van der Waals surface area (Å²) in [6.45, 7) is 8.79. The van der Waals surface area contributed by atoms with Gasteiger partial charge in [-0.2, -0.15) is 5.10 Å². The average molecular weight is 391 g/mol. The Labute approximate surface area is 169 Å². The van der Waals surface area contributed by atoms with Crippen molar-refractivity contribution in [3.8, 4) is 11.3 Å². The first kappa shape index (κ1) is 19.1. The predicted octanol–water partition coefficient (Wildman–Crippen LogP) is 2.95. The Hall–Kier alpha value is -3.22. The lowest BCUT2D eigenvalue weighted by atomic mass is 10.0. The van der Waals surface area contributed by atoms with E-state index in [4.69, 9.17) is 4.98 Å². The zero-order valence-electron chi connectivity index (χ0n) is 17.1. The molecule has 3 heterocycles. The number of aryl methyl sites for hydroxylation is 1. The molecule has 7 nitrogen and oxygen atoms in total. The second-order valence-electron chi connectivity index (χ2n) is 7.76. The van der Waals surface area contributed by atoms with E-state index in [1.807, 2.05) is 55.8 Å². The van der Waals surface area contributed by atoms with E-state index in [2.05, 4.69) is 10.4 Å². The van der Waals surface area contributed by atoms with Crippen molar-refractivity contribution >= 4 is 22.8 Å². The van der Waals surface area contributed by atoms with Gasteiger partial charge in [-0.05, 0) is 39.3 Å². The van der Waals surface area contributed by atoms with Gasteiger partial charge in [0.25, 0.3) is 5.91 Å². The molecule has 1 aliphatic rings. The number of carbonyl (C=O) groups is 2. The van der Waals surface area contributed by atoms with Crippen LogP contribution < -0.4 is 5.32 Å². The van der Waals surface area contributed by atoms with Gasteiger partial charge in [-0.3, -0.25) is 9.59 Å². The van der Waals surface area contributed by atoms with E-state index in [0.29, 0.717) is 29.7 Å². The molecule has 1 atom stereocenters. The Kier molecular flexibility index (Phi) is 4.82. The Morgan fingerprint density at radius 2 is 2.03 bits per heavy atom. The van der Waals surface area contributed by atoms with Crippen LogP contribution in [0.2, 0.25) is 0 Å². The van der Waals surface area contributed by atoms with Gasteiger partial charge in [0.2, 0.25) is 5.91 Å². The van der Waals surface area contributed by atoms with Gasteiger partial charge in [-0.1, -0.05) is 24.3 Å². The third-order valence-electron chi connectivity index (χ3n) is 5.47. The number of amides is 2. The van der Waals surface area contributed by atoms with Crippen LogP contribution in [0.15, 0.2) is 36.5 Å². The van der Waals surface area contributed by atoms with Crippen molar-refractivity contribution in [2.24, 2.45) is 0 Å². The van der Waals surface area contributed by atoms with Gasteiger partial charge in [-0.25, -0.2) is 9.67 Å². The third kappa shape index (κ3) is 3.26. The molecule has 2 aromatic heterocycles. The number of aromatic nitrogens is 3. The largest absolute Gasteiger partial charge is 0.353 e. The number of carbonyl (C=O) groups excluding carboxylic acids is 2. The molecule has 29 heavy (non-hydrogen) atoms. The van der Waals surface area contributed by atoms with E-state index in [0.717, 1.165) is 16.8 Å². The summed E-state index contributed by atoms with van der Waals surface area (Å²) in [6.07, 6.45) is 1.70. The second-order valence-corrected chi connectivity index (χ2v) is 7.76. The highest BCUT2D eigenvalue weighted by Crippen LogP contribution is 2.29. The fourth-order valence-corrected chi connectivity index (χ4v) is 3.79. The molecule has 0 bridgehead atoms. The summed E-state index contributed by atoms with van der Waals surface area (Å²) < 4.78 is 1.83. The molecule has 150 valence electrons. The van der Waals surface area contributed by atoms with Crippen LogP contribution in [0.25, 0.3) is 22.3 Å². The highest BCUT2D eigenvalue weighted by Gasteiger charge is 2.31. The van der Waals surface area contributed by atoms with E-state index in [-0.39, 0.29) is 17.9 Å². The molecule has 1 saturated heterocycles. The number of rotatable bonds is 3. The minimum Gasteiger partial charge on any atom is -0.353 e. The lowest BCUT2D eigenvalue weighted by Crippen LogP contribution is -2.55. The molecule has 7 heteroatoms. The number of hydrogen-bond acceptors (Lipinski definition) is 4. The number of nitrogens with one attached hydrogen (secondary N) is 1. The van der Waals surface area contributed by atoms with Crippen molar-refractivity contribution in [1.82, 2.24) is 25.0 Å². The molecular weight excluding hydrogens is 366 g/mol. The van der Waals surface area contributed by atoms with Crippen molar-refractivity contribution in [1.29, 1.82) is 0 Å². The number of hydrogen-bond donors (Lipinski definition) is 1. The molecule has 1 fully saturated rings. The number of fused-ring (bicyclic) bond motifs is 1. The minimum absolute atomic E-state index is 0.106. The lowest BCUT2D eigenvalue weighted by Gasteiger charge is -2.33. The van der Waals surface area contributed by atoms with Crippen LogP contribution in [0.1, 0.15) is 42.7 Å². The molecule has 0 radical (unpaired) electrons. The van der Waals surface area contributed by atoms with Gasteiger partial charge >= 0.3 is 0 Å². The SMILES string of the molecule is Cc1ccccc1-c1cc(C(=O)N2CCNC(=O)C2C)c2cnn(C(C)C)c2n1. The zero-order chi connectivity index (χ0) is 20.7. The molecule has 1 aromatic carbocycles. The summed E-state index contributed by atoms with van der Waals surface area (Å²) in [5.74, 6) is -0.301. The van der Waals surface area contributed by atoms with E-state index in [1.54, 1.807) is 18.0 Å². The number of nitrogens with zero attached hydrogens (tertiary/aromatic N) is 4. The molecule has 2 amide bonds. The maximum atomic E-state index is 13.5. The summed E-state index contributed by atoms with van der Waals surface area (Å²) in [5.41, 5.74) is 4.00. The highest BCUT2D eigenvalue weighted by atomic mass is 16.2. The lowest BCUT2D eigenvalue weighted by molar-refractivity contribution is -0.127. The fourth-order valence-electron chi connectivity index (χ4n) is 3.79. The Morgan fingerprint density at radius 1 is 1.28 bits per heavy atom. The normalized spacial score (nSPS) is 17.1. The van der Waals surface area contributed by atoms with Crippen LogP contribution in [-0.4, -0.2) is 50.6 Å². The van der Waals surface area contributed by atoms with E-state index in [1.165, 1.54) is 0 Å². The fraction of sp³-hybridized carbons (Fsp3) is 0.364. The van der Waals surface area contributed by atoms with E-state index >= 15 is 0 Å². The van der Waals surface area contributed by atoms with E-state index < -0.39 is 6.04 Å². The van der Waals surface area contributed by atoms with Gasteiger partial charge in [0.15, 0.2) is 5.65 Å². The van der Waals surface area contributed by atoms with Gasteiger partial charge in [0, 0.05) is 24.7 Å². The highest BCUT2D eigenvalue weighted by molar-refractivity contribution is 6.08. The molecular formula is C22H25N5O2. The van der Waals surface area contributed by atoms with Crippen molar-refractivity contribution in [3.63, 3.8) is 0 Å². The first-order chi connectivity index (χ1) is 13.9. The Bertz CT molecular complexity index is 1100. The first-order valence-corrected chi connectivity index (χ1v) is 9.91. The van der Waals surface area contributed by atoms with Crippen LogP contribution >= 0.6 is 0 Å². The smallest absolute Gasteiger partial charge is 0.255 e. The first-order valence-electron chi connectivity index (χ1n) is 9.91. The van der Waals surface area contributed by atoms with Crippen LogP contribution in [-0.2, 0) is 4.79 Å². The molecule has 0 saturated carbocycles. The van der Waals surface area contributed by atoms with Gasteiger partial charge < -0.3 is 10.2 Å². The monoisotopic (exact) mass is 391 g/mol. The molecule has 1 aliphatic heterocycles. The summed E-state index contributed by atoms with van der Waals surface area (Å²) in [4.78, 5) is 32.1. The molecule has 3 aromatic rings. The molecule has 0 spiro atoms. The quantitative estimate of drug-likeness (QED) is 0.744. The molecule has 0 aliphatic carbocycles. The van der Waals surface area contributed by atoms with Crippen molar-refractivity contribution in [2.45, 2.75) is 39.8 Å². The standard InChI is InChI=1S/C22H25N5O2/c1-13(2)27-20-18(12-24-27)17(22(29)26-10-9-23-21(28)15(26)4)11-19(25-20)16-8-6-5-7-14(16)3/h5-8,11-13,15H,9-10H2,1-4H3,(H,23,28). The summed E-state index contributed by atoms with van der Waals surface area (Å²) in [7, 11) is 0. The third-order valence-corrected chi connectivity index (χ3v) is 5.47. The topological polar surface area (TPSA) is 80.1 Å². The minimum atomic E-state index is -0.512. The van der Waals surface area contributed by atoms with Crippen molar-refractivity contribution < 1.29 is 9.59 Å². The van der Waals surface area contributed by atoms with E-state index in [9.17, 15) is 9.59 Å². The summed E-state index contributed by atoms with van der Waals surface area (Å²) in [6, 6.07) is 9.40. The number of benzene rings is 1. The van der Waals surface area contributed by atoms with Gasteiger partial charge in [0.05, 0.1) is 22.8 Å². The summed E-state index contributed by atoms with van der Waals surface area (Å²) in [5, 5.41) is 7.99. The Morgan fingerprint density at radius 3 is 2.76 bits per heavy atom. The summed E-state index contributed by atoms with van der Waals surface area (Å²) >= 11 is 0. The van der Waals surface area contributed by atoms with Crippen molar-refractivity contribution in [2.75, 3.05) is 13.1 Å². The average Bonchev–Trinajstić information content (AvgIpc) is 3.13. The van der Waals surface area contributed by atoms with Crippen LogP contribution in [0, 0.1) is 6.92 Å². The number of piperazine rings is 1. The molecule has 1 unspecified atom stereocenters. The second kappa shape index (κ2) is 7.31. The number of pyridine rings is 1. The maximum absolute atomic E-state index is 13.5.